The lowest BCUT2D eigenvalue weighted by molar-refractivity contribution is -0.118. The standard InChI is InChI=1S/C15H21NO2.C12H16N2O2.C2H4/c1-2-8-16(7-1)9-3-4-13-5-6-14-15(12-13)18-11-10-17-14;13-11(15)8-4-5-9-14-12(16)10-6-2-1-3-7-10;1-2/h5-6,12H,1-4,7-11H2;1-3,6-7H,4-5,8-9H2,(H2,13,15)(H,14,16);1-2H2. The lowest BCUT2D eigenvalue weighted by Crippen LogP contribution is -2.24. The molecule has 196 valence electrons. The number of ether oxygens (including phenoxy) is 2. The minimum Gasteiger partial charge on any atom is -0.486 e. The Morgan fingerprint density at radius 3 is 2.31 bits per heavy atom. The first-order valence-electron chi connectivity index (χ1n) is 12.8. The van der Waals surface area contributed by atoms with Gasteiger partial charge in [0.1, 0.15) is 13.2 Å². The van der Waals surface area contributed by atoms with Gasteiger partial charge < -0.3 is 25.4 Å². The second kappa shape index (κ2) is 17.2. The van der Waals surface area contributed by atoms with Gasteiger partial charge in [-0.3, -0.25) is 9.59 Å². The smallest absolute Gasteiger partial charge is 0.251 e. The van der Waals surface area contributed by atoms with Gasteiger partial charge in [0.15, 0.2) is 11.5 Å². The van der Waals surface area contributed by atoms with Crippen LogP contribution in [0.25, 0.3) is 0 Å². The van der Waals surface area contributed by atoms with Gasteiger partial charge in [0.25, 0.3) is 5.91 Å². The summed E-state index contributed by atoms with van der Waals surface area (Å²) >= 11 is 0. The number of hydrogen-bond acceptors (Lipinski definition) is 5. The van der Waals surface area contributed by atoms with Crippen molar-refractivity contribution in [3.8, 4) is 11.5 Å². The molecule has 2 aromatic carbocycles. The predicted molar refractivity (Wildman–Crippen MR) is 145 cm³/mol. The molecular formula is C29H41N3O4. The summed E-state index contributed by atoms with van der Waals surface area (Å²) in [4.78, 5) is 24.6. The van der Waals surface area contributed by atoms with Crippen LogP contribution in [0, 0.1) is 0 Å². The third-order valence-corrected chi connectivity index (χ3v) is 5.92. The SMILES string of the molecule is C=C.NC(=O)CCCCNC(=O)c1ccccc1.c1cc2c(cc1CCCN1CCCC1)OCCO2. The number of benzene rings is 2. The molecule has 2 heterocycles. The molecule has 0 aliphatic carbocycles. The van der Waals surface area contributed by atoms with Crippen LogP contribution in [0.2, 0.25) is 0 Å². The molecule has 4 rings (SSSR count). The molecular weight excluding hydrogens is 454 g/mol. The fraction of sp³-hybridized carbons (Fsp3) is 0.448. The van der Waals surface area contributed by atoms with E-state index in [9.17, 15) is 9.59 Å². The summed E-state index contributed by atoms with van der Waals surface area (Å²) in [6.07, 6.45) is 6.98. The Hall–Kier alpha value is -3.32. The first-order chi connectivity index (χ1) is 17.6. The summed E-state index contributed by atoms with van der Waals surface area (Å²) in [5.41, 5.74) is 7.01. The fourth-order valence-corrected chi connectivity index (χ4v) is 4.07. The first-order valence-corrected chi connectivity index (χ1v) is 12.8. The zero-order valence-corrected chi connectivity index (χ0v) is 21.4. The minimum atomic E-state index is -0.297. The van der Waals surface area contributed by atoms with Gasteiger partial charge in [0.05, 0.1) is 0 Å². The van der Waals surface area contributed by atoms with Crippen molar-refractivity contribution in [3.63, 3.8) is 0 Å². The number of nitrogens with one attached hydrogen (secondary N) is 1. The van der Waals surface area contributed by atoms with Crippen LogP contribution in [0.5, 0.6) is 11.5 Å². The van der Waals surface area contributed by atoms with E-state index < -0.39 is 0 Å². The van der Waals surface area contributed by atoms with Crippen LogP contribution >= 0.6 is 0 Å². The van der Waals surface area contributed by atoms with Crippen LogP contribution in [0.4, 0.5) is 0 Å². The molecule has 2 aromatic rings. The summed E-state index contributed by atoms with van der Waals surface area (Å²) in [5, 5.41) is 2.78. The van der Waals surface area contributed by atoms with Gasteiger partial charge >= 0.3 is 0 Å². The minimum absolute atomic E-state index is 0.0836. The quantitative estimate of drug-likeness (QED) is 0.377. The maximum atomic E-state index is 11.5. The van der Waals surface area contributed by atoms with E-state index >= 15 is 0 Å². The molecule has 1 saturated heterocycles. The summed E-state index contributed by atoms with van der Waals surface area (Å²) in [5.74, 6) is 1.43. The van der Waals surface area contributed by atoms with E-state index in [0.29, 0.717) is 38.2 Å². The van der Waals surface area contributed by atoms with E-state index in [2.05, 4.69) is 35.5 Å². The van der Waals surface area contributed by atoms with Crippen LogP contribution in [-0.4, -0.2) is 56.1 Å². The summed E-state index contributed by atoms with van der Waals surface area (Å²) in [6, 6.07) is 15.4. The number of unbranched alkanes of at least 4 members (excludes halogenated alkanes) is 1. The highest BCUT2D eigenvalue weighted by atomic mass is 16.6. The number of carbonyl (C=O) groups excluding carboxylic acids is 2. The van der Waals surface area contributed by atoms with Crippen molar-refractivity contribution in [2.24, 2.45) is 5.73 Å². The third-order valence-electron chi connectivity index (χ3n) is 5.92. The van der Waals surface area contributed by atoms with Crippen molar-refractivity contribution >= 4 is 11.8 Å². The van der Waals surface area contributed by atoms with E-state index in [1.54, 1.807) is 12.1 Å². The van der Waals surface area contributed by atoms with E-state index in [1.807, 2.05) is 24.3 Å². The molecule has 3 N–H and O–H groups in total. The van der Waals surface area contributed by atoms with Gasteiger partial charge in [-0.25, -0.2) is 0 Å². The van der Waals surface area contributed by atoms with Gasteiger partial charge in [-0.05, 0) is 88.0 Å². The van der Waals surface area contributed by atoms with Crippen LogP contribution in [0.15, 0.2) is 61.7 Å². The van der Waals surface area contributed by atoms with Crippen molar-refractivity contribution < 1.29 is 19.1 Å². The summed E-state index contributed by atoms with van der Waals surface area (Å²) in [7, 11) is 0. The number of fused-ring (bicyclic) bond motifs is 1. The second-order valence-corrected chi connectivity index (χ2v) is 8.68. The van der Waals surface area contributed by atoms with Crippen molar-refractivity contribution in [1.82, 2.24) is 10.2 Å². The molecule has 1 fully saturated rings. The Balaban J connectivity index is 0.000000239. The number of aryl methyl sites for hydroxylation is 1. The first kappa shape index (κ1) is 28.9. The largest absolute Gasteiger partial charge is 0.486 e. The van der Waals surface area contributed by atoms with Crippen LogP contribution < -0.4 is 20.5 Å². The van der Waals surface area contributed by atoms with Crippen molar-refractivity contribution in [1.29, 1.82) is 0 Å². The Labute approximate surface area is 215 Å². The topological polar surface area (TPSA) is 93.9 Å². The number of likely N-dealkylation sites (tertiary alicyclic amines) is 1. The van der Waals surface area contributed by atoms with Crippen LogP contribution in [0.1, 0.15) is 54.4 Å². The molecule has 0 radical (unpaired) electrons. The summed E-state index contributed by atoms with van der Waals surface area (Å²) in [6.45, 7) is 11.7. The van der Waals surface area contributed by atoms with Gasteiger partial charge in [0.2, 0.25) is 5.91 Å². The third kappa shape index (κ3) is 11.0. The number of nitrogens with zero attached hydrogens (tertiary/aromatic N) is 1. The Morgan fingerprint density at radius 2 is 1.61 bits per heavy atom. The second-order valence-electron chi connectivity index (χ2n) is 8.68. The fourth-order valence-electron chi connectivity index (χ4n) is 4.07. The molecule has 2 aliphatic rings. The van der Waals surface area contributed by atoms with Crippen molar-refractivity contribution in [2.75, 3.05) is 39.4 Å². The molecule has 0 unspecified atom stereocenters. The zero-order chi connectivity index (χ0) is 26.0. The van der Waals surface area contributed by atoms with Gasteiger partial charge in [-0.2, -0.15) is 0 Å². The van der Waals surface area contributed by atoms with E-state index in [1.165, 1.54) is 44.5 Å². The van der Waals surface area contributed by atoms with Crippen molar-refractivity contribution in [2.45, 2.75) is 44.9 Å². The number of hydrogen-bond donors (Lipinski definition) is 2. The number of rotatable bonds is 10. The van der Waals surface area contributed by atoms with Crippen molar-refractivity contribution in [3.05, 3.63) is 72.8 Å². The Bertz CT molecular complexity index is 914. The normalized spacial score (nSPS) is 14.0. The predicted octanol–water partition coefficient (Wildman–Crippen LogP) is 4.36. The molecule has 2 aliphatic heterocycles. The van der Waals surface area contributed by atoms with E-state index in [4.69, 9.17) is 15.2 Å². The molecule has 0 aromatic heterocycles. The van der Waals surface area contributed by atoms with Gasteiger partial charge in [-0.1, -0.05) is 24.3 Å². The maximum Gasteiger partial charge on any atom is 0.251 e. The lowest BCUT2D eigenvalue weighted by Gasteiger charge is -2.19. The number of primary amides is 1. The molecule has 0 spiro atoms. The lowest BCUT2D eigenvalue weighted by atomic mass is 10.1. The highest BCUT2D eigenvalue weighted by Gasteiger charge is 2.13. The number of nitrogens with two attached hydrogens (primary N) is 1. The molecule has 0 saturated carbocycles. The van der Waals surface area contributed by atoms with Crippen LogP contribution in [0.3, 0.4) is 0 Å². The van der Waals surface area contributed by atoms with Gasteiger partial charge in [0, 0.05) is 18.5 Å². The Morgan fingerprint density at radius 1 is 0.917 bits per heavy atom. The van der Waals surface area contributed by atoms with Crippen LogP contribution in [-0.2, 0) is 11.2 Å². The van der Waals surface area contributed by atoms with Gasteiger partial charge in [-0.15, -0.1) is 13.2 Å². The molecule has 36 heavy (non-hydrogen) atoms. The summed E-state index contributed by atoms with van der Waals surface area (Å²) < 4.78 is 11.1. The zero-order valence-electron chi connectivity index (χ0n) is 21.4. The number of amides is 2. The highest BCUT2D eigenvalue weighted by molar-refractivity contribution is 5.94. The number of carbonyl (C=O) groups is 2. The molecule has 2 amide bonds. The average Bonchev–Trinajstić information content (AvgIpc) is 3.44. The molecule has 7 heteroatoms. The van der Waals surface area contributed by atoms with E-state index in [-0.39, 0.29) is 11.8 Å². The monoisotopic (exact) mass is 495 g/mol. The molecule has 0 bridgehead atoms. The molecule has 7 nitrogen and oxygen atoms in total. The molecule has 0 atom stereocenters. The van der Waals surface area contributed by atoms with E-state index in [0.717, 1.165) is 24.3 Å². The highest BCUT2D eigenvalue weighted by Crippen LogP contribution is 2.31. The Kier molecular flexibility index (Phi) is 13.8. The maximum absolute atomic E-state index is 11.5. The average molecular weight is 496 g/mol.